The quantitative estimate of drug-likeness (QED) is 0.663. The average molecular weight is 492 g/mol. The Morgan fingerprint density at radius 3 is 2.30 bits per heavy atom. The lowest BCUT2D eigenvalue weighted by Gasteiger charge is -2.44. The van der Waals surface area contributed by atoms with Gasteiger partial charge in [-0.25, -0.2) is 4.98 Å². The smallest absolute Gasteiger partial charge is 0.243 e. The molecule has 0 saturated carbocycles. The van der Waals surface area contributed by atoms with Gasteiger partial charge in [0.05, 0.1) is 12.2 Å². The van der Waals surface area contributed by atoms with Crippen LogP contribution in [0.15, 0.2) is 36.4 Å². The number of hydrogen-bond acceptors (Lipinski definition) is 4. The van der Waals surface area contributed by atoms with Gasteiger partial charge in [0.2, 0.25) is 5.91 Å². The first-order chi connectivity index (χ1) is 13.5. The molecule has 0 unspecified atom stereocenters. The fourth-order valence-corrected chi connectivity index (χ4v) is 4.98. The van der Waals surface area contributed by atoms with E-state index in [0.717, 1.165) is 39.0 Å². The Hall–Kier alpha value is -1.08. The number of rotatable bonds is 4. The monoisotopic (exact) mass is 490 g/mol. The van der Waals surface area contributed by atoms with Crippen LogP contribution < -0.4 is 5.32 Å². The maximum atomic E-state index is 13.8. The molecule has 1 amide bonds. The van der Waals surface area contributed by atoms with Gasteiger partial charge in [0, 0.05) is 51.1 Å². The lowest BCUT2D eigenvalue weighted by molar-refractivity contribution is -0.144. The zero-order chi connectivity index (χ0) is 19.7. The predicted molar refractivity (Wildman–Crippen MR) is 126 cm³/mol. The largest absolute Gasteiger partial charge is 0.338 e. The van der Waals surface area contributed by atoms with Gasteiger partial charge >= 0.3 is 0 Å². The molecule has 5 nitrogen and oxygen atoms in total. The van der Waals surface area contributed by atoms with Gasteiger partial charge in [-0.1, -0.05) is 47.5 Å². The van der Waals surface area contributed by atoms with E-state index < -0.39 is 5.54 Å². The molecule has 1 aromatic heterocycles. The minimum absolute atomic E-state index is 0. The normalized spacial score (nSPS) is 17.4. The second kappa shape index (κ2) is 10.5. The van der Waals surface area contributed by atoms with Crippen molar-refractivity contribution >= 4 is 53.9 Å². The Morgan fingerprint density at radius 1 is 1.13 bits per heavy atom. The fourth-order valence-electron chi connectivity index (χ4n) is 4.47. The molecular weight excluding hydrogens is 466 g/mol. The van der Waals surface area contributed by atoms with Crippen molar-refractivity contribution in [2.24, 2.45) is 0 Å². The molecule has 1 fully saturated rings. The van der Waals surface area contributed by atoms with E-state index in [9.17, 15) is 4.79 Å². The molecule has 0 spiro atoms. The molecule has 30 heavy (non-hydrogen) atoms. The molecule has 2 aromatic rings. The van der Waals surface area contributed by atoms with Gasteiger partial charge in [0.1, 0.15) is 10.7 Å². The minimum Gasteiger partial charge on any atom is -0.338 e. The average Bonchev–Trinajstić information content (AvgIpc) is 3.08. The summed E-state index contributed by atoms with van der Waals surface area (Å²) in [4.78, 5) is 22.2. The number of benzene rings is 1. The lowest BCUT2D eigenvalue weighted by Crippen LogP contribution is -2.63. The van der Waals surface area contributed by atoms with Crippen molar-refractivity contribution in [3.8, 4) is 0 Å². The molecule has 0 bridgehead atoms. The van der Waals surface area contributed by atoms with Crippen molar-refractivity contribution in [2.75, 3.05) is 33.2 Å². The molecule has 9 heteroatoms. The molecule has 1 aliphatic heterocycles. The highest BCUT2D eigenvalue weighted by molar-refractivity contribution is 6.33. The number of piperazine rings is 1. The number of nitrogens with one attached hydrogen (secondary N) is 1. The zero-order valence-corrected chi connectivity index (χ0v) is 19.9. The van der Waals surface area contributed by atoms with E-state index >= 15 is 0 Å². The highest BCUT2D eigenvalue weighted by Gasteiger charge is 2.49. The Morgan fingerprint density at radius 2 is 1.73 bits per heavy atom. The van der Waals surface area contributed by atoms with Crippen molar-refractivity contribution in [2.45, 2.75) is 24.9 Å². The van der Waals surface area contributed by atoms with Crippen molar-refractivity contribution in [3.63, 3.8) is 0 Å². The summed E-state index contributed by atoms with van der Waals surface area (Å²) in [5.74, 6) is 0.128. The molecule has 0 radical (unpaired) electrons. The van der Waals surface area contributed by atoms with Crippen LogP contribution in [0.4, 0.5) is 0 Å². The maximum absolute atomic E-state index is 13.8. The van der Waals surface area contributed by atoms with E-state index in [1.165, 1.54) is 11.1 Å². The molecular formula is C21H26Cl4N4O. The van der Waals surface area contributed by atoms with Crippen LogP contribution >= 0.6 is 48.0 Å². The summed E-state index contributed by atoms with van der Waals surface area (Å²) in [6.07, 6.45) is 1.49. The Bertz CT molecular complexity index is 844. The van der Waals surface area contributed by atoms with Gasteiger partial charge in [0.25, 0.3) is 0 Å². The second-order valence-corrected chi connectivity index (χ2v) is 8.48. The summed E-state index contributed by atoms with van der Waals surface area (Å²) in [5, 5.41) is 4.26. The van der Waals surface area contributed by atoms with E-state index in [1.807, 2.05) is 7.05 Å². The molecule has 0 atom stereocenters. The third-order valence-electron chi connectivity index (χ3n) is 5.76. The van der Waals surface area contributed by atoms with Crippen LogP contribution in [-0.4, -0.2) is 59.5 Å². The van der Waals surface area contributed by atoms with Crippen LogP contribution in [0.5, 0.6) is 0 Å². The van der Waals surface area contributed by atoms with Gasteiger partial charge < -0.3 is 10.2 Å². The number of likely N-dealkylation sites (N-methyl/N-ethyl adjacent to an activating group) is 1. The standard InChI is InChI=1S/C21H24Cl2N4O.2ClH/c1-26(14-18-10-17(22)11-19(23)25-18)20(28)21(27-8-6-24-7-9-27)12-15-4-2-3-5-16(15)13-21;;/h2-5,10-11,24H,6-9,12-14H2,1H3;2*1H. The number of hydrogen-bond donors (Lipinski definition) is 1. The number of halogens is 4. The summed E-state index contributed by atoms with van der Waals surface area (Å²) in [7, 11) is 1.84. The first kappa shape index (κ1) is 25.2. The van der Waals surface area contributed by atoms with Crippen molar-refractivity contribution < 1.29 is 4.79 Å². The number of carbonyl (C=O) groups excluding carboxylic acids is 1. The highest BCUT2D eigenvalue weighted by Crippen LogP contribution is 2.36. The summed E-state index contributed by atoms with van der Waals surface area (Å²) in [5.41, 5.74) is 2.70. The summed E-state index contributed by atoms with van der Waals surface area (Å²) >= 11 is 12.1. The Labute approximate surface area is 199 Å². The predicted octanol–water partition coefficient (Wildman–Crippen LogP) is 3.63. The Kier molecular flexibility index (Phi) is 8.80. The van der Waals surface area contributed by atoms with E-state index in [1.54, 1.807) is 17.0 Å². The van der Waals surface area contributed by atoms with Crippen molar-refractivity contribution in [1.29, 1.82) is 0 Å². The molecule has 1 saturated heterocycles. The number of pyridine rings is 1. The summed E-state index contributed by atoms with van der Waals surface area (Å²) < 4.78 is 0. The Balaban J connectivity index is 0.00000160. The first-order valence-electron chi connectivity index (χ1n) is 9.58. The molecule has 1 N–H and O–H groups in total. The van der Waals surface area contributed by atoms with Gasteiger partial charge in [-0.15, -0.1) is 24.8 Å². The maximum Gasteiger partial charge on any atom is 0.243 e. The number of carbonyl (C=O) groups is 1. The highest BCUT2D eigenvalue weighted by atomic mass is 35.5. The van der Waals surface area contributed by atoms with E-state index in [2.05, 4.69) is 39.5 Å². The first-order valence-corrected chi connectivity index (χ1v) is 10.3. The number of fused-ring (bicyclic) bond motifs is 1. The SMILES string of the molecule is CN(Cc1cc(Cl)cc(Cl)n1)C(=O)C1(N2CCNCC2)Cc2ccccc2C1.Cl.Cl. The van der Waals surface area contributed by atoms with Gasteiger partial charge in [-0.3, -0.25) is 9.69 Å². The number of amides is 1. The van der Waals surface area contributed by atoms with E-state index in [-0.39, 0.29) is 30.7 Å². The van der Waals surface area contributed by atoms with Crippen LogP contribution in [0.25, 0.3) is 0 Å². The second-order valence-electron chi connectivity index (χ2n) is 7.65. The molecule has 2 aliphatic rings. The van der Waals surface area contributed by atoms with Crippen LogP contribution in [0.2, 0.25) is 10.2 Å². The zero-order valence-electron chi connectivity index (χ0n) is 16.7. The number of nitrogens with zero attached hydrogens (tertiary/aromatic N) is 3. The van der Waals surface area contributed by atoms with Crippen LogP contribution in [0, 0.1) is 0 Å². The van der Waals surface area contributed by atoms with Crippen molar-refractivity contribution in [3.05, 3.63) is 63.4 Å². The molecule has 164 valence electrons. The third kappa shape index (κ3) is 5.04. The summed E-state index contributed by atoms with van der Waals surface area (Å²) in [6, 6.07) is 11.8. The van der Waals surface area contributed by atoms with Crippen LogP contribution in [0.3, 0.4) is 0 Å². The van der Waals surface area contributed by atoms with Crippen molar-refractivity contribution in [1.82, 2.24) is 20.1 Å². The number of aromatic nitrogens is 1. The van der Waals surface area contributed by atoms with Gasteiger partial charge in [-0.05, 0) is 23.3 Å². The van der Waals surface area contributed by atoms with E-state index in [4.69, 9.17) is 23.2 Å². The molecule has 2 heterocycles. The van der Waals surface area contributed by atoms with Crippen LogP contribution in [0.1, 0.15) is 16.8 Å². The molecule has 1 aromatic carbocycles. The summed E-state index contributed by atoms with van der Waals surface area (Å²) in [6.45, 7) is 3.92. The topological polar surface area (TPSA) is 48.5 Å². The molecule has 4 rings (SSSR count). The van der Waals surface area contributed by atoms with Gasteiger partial charge in [-0.2, -0.15) is 0 Å². The molecule has 1 aliphatic carbocycles. The van der Waals surface area contributed by atoms with Crippen LogP contribution in [-0.2, 0) is 24.2 Å². The fraction of sp³-hybridized carbons (Fsp3) is 0.429. The van der Waals surface area contributed by atoms with E-state index in [0.29, 0.717) is 22.4 Å². The van der Waals surface area contributed by atoms with Gasteiger partial charge in [0.15, 0.2) is 0 Å². The lowest BCUT2D eigenvalue weighted by atomic mass is 9.90. The third-order valence-corrected chi connectivity index (χ3v) is 6.17. The minimum atomic E-state index is -0.539.